The molecule has 0 atom stereocenters. The van der Waals surface area contributed by atoms with E-state index in [-0.39, 0.29) is 11.6 Å². The van der Waals surface area contributed by atoms with E-state index in [0.717, 1.165) is 16.7 Å². The van der Waals surface area contributed by atoms with Gasteiger partial charge in [0.25, 0.3) is 5.91 Å². The Hall–Kier alpha value is -2.59. The third kappa shape index (κ3) is 3.60. The van der Waals surface area contributed by atoms with Gasteiger partial charge >= 0.3 is 0 Å². The highest BCUT2D eigenvalue weighted by Crippen LogP contribution is 2.25. The van der Waals surface area contributed by atoms with Crippen LogP contribution in [0.4, 0.5) is 0 Å². The summed E-state index contributed by atoms with van der Waals surface area (Å²) < 4.78 is 5.37. The Kier molecular flexibility index (Phi) is 4.44. The molecule has 23 heavy (non-hydrogen) atoms. The summed E-state index contributed by atoms with van der Waals surface area (Å²) in [6, 6.07) is 15.1. The zero-order chi connectivity index (χ0) is 16.2. The van der Waals surface area contributed by atoms with Crippen LogP contribution in [0.2, 0.25) is 5.02 Å². The van der Waals surface area contributed by atoms with Gasteiger partial charge in [0.2, 0.25) is 0 Å². The van der Waals surface area contributed by atoms with Crippen molar-refractivity contribution >= 4 is 17.5 Å². The molecular formula is C18H15ClN2O2. The molecule has 2 aromatic carbocycles. The first-order chi connectivity index (χ1) is 11.1. The molecule has 5 heteroatoms. The van der Waals surface area contributed by atoms with Crippen molar-refractivity contribution in [1.82, 2.24) is 10.3 Å². The minimum atomic E-state index is -0.282. The number of halogens is 1. The van der Waals surface area contributed by atoms with Gasteiger partial charge in [0, 0.05) is 17.1 Å². The Labute approximate surface area is 139 Å². The average Bonchev–Trinajstić information content (AvgIpc) is 3.02. The van der Waals surface area contributed by atoms with Gasteiger partial charge in [-0.2, -0.15) is 0 Å². The number of benzene rings is 2. The van der Waals surface area contributed by atoms with Crippen LogP contribution in [0.15, 0.2) is 59.3 Å². The highest BCUT2D eigenvalue weighted by molar-refractivity contribution is 6.30. The Morgan fingerprint density at radius 2 is 2.04 bits per heavy atom. The van der Waals surface area contributed by atoms with E-state index in [1.807, 2.05) is 37.3 Å². The van der Waals surface area contributed by atoms with Crippen LogP contribution in [-0.4, -0.2) is 10.9 Å². The monoisotopic (exact) mass is 326 g/mol. The first kappa shape index (κ1) is 15.3. The average molecular weight is 327 g/mol. The van der Waals surface area contributed by atoms with Crippen LogP contribution in [0.5, 0.6) is 0 Å². The molecule has 1 N–H and O–H groups in total. The molecule has 0 aliphatic rings. The lowest BCUT2D eigenvalue weighted by molar-refractivity contribution is 0.0946. The van der Waals surface area contributed by atoms with Gasteiger partial charge in [-0.05, 0) is 24.6 Å². The van der Waals surface area contributed by atoms with Crippen molar-refractivity contribution < 1.29 is 9.21 Å². The molecule has 4 nitrogen and oxygen atoms in total. The summed E-state index contributed by atoms with van der Waals surface area (Å²) in [4.78, 5) is 16.4. The van der Waals surface area contributed by atoms with E-state index in [4.69, 9.17) is 16.0 Å². The van der Waals surface area contributed by atoms with Crippen LogP contribution in [0.25, 0.3) is 11.3 Å². The maximum Gasteiger partial charge on any atom is 0.274 e. The molecular weight excluding hydrogens is 312 g/mol. The lowest BCUT2D eigenvalue weighted by Crippen LogP contribution is -2.23. The van der Waals surface area contributed by atoms with Gasteiger partial charge in [0.05, 0.1) is 0 Å². The third-order valence-corrected chi connectivity index (χ3v) is 3.64. The fourth-order valence-electron chi connectivity index (χ4n) is 2.33. The molecule has 3 aromatic rings. The minimum absolute atomic E-state index is 0.250. The topological polar surface area (TPSA) is 55.1 Å². The second kappa shape index (κ2) is 6.67. The number of carbonyl (C=O) groups is 1. The lowest BCUT2D eigenvalue weighted by Gasteiger charge is -2.06. The number of amides is 1. The third-order valence-electron chi connectivity index (χ3n) is 3.40. The number of aryl methyl sites for hydroxylation is 1. The highest BCUT2D eigenvalue weighted by atomic mass is 35.5. The fourth-order valence-corrected chi connectivity index (χ4v) is 2.52. The molecule has 0 fully saturated rings. The highest BCUT2D eigenvalue weighted by Gasteiger charge is 2.18. The van der Waals surface area contributed by atoms with Gasteiger partial charge in [-0.3, -0.25) is 4.79 Å². The van der Waals surface area contributed by atoms with Crippen molar-refractivity contribution in [3.63, 3.8) is 0 Å². The van der Waals surface area contributed by atoms with Gasteiger partial charge in [0.15, 0.2) is 17.8 Å². The molecule has 0 aliphatic carbocycles. The quantitative estimate of drug-likeness (QED) is 0.780. The number of nitrogens with zero attached hydrogens (tertiary/aromatic N) is 1. The summed E-state index contributed by atoms with van der Waals surface area (Å²) >= 11 is 5.99. The number of oxazole rings is 1. The van der Waals surface area contributed by atoms with Crippen molar-refractivity contribution in [2.45, 2.75) is 13.5 Å². The SMILES string of the molecule is Cc1cccc(CNC(=O)c2ncoc2-c2cccc(Cl)c2)c1. The van der Waals surface area contributed by atoms with Crippen LogP contribution >= 0.6 is 11.6 Å². The predicted octanol–water partition coefficient (Wildman–Crippen LogP) is 4.23. The zero-order valence-corrected chi connectivity index (χ0v) is 13.3. The summed E-state index contributed by atoms with van der Waals surface area (Å²) in [7, 11) is 0. The Morgan fingerprint density at radius 3 is 2.83 bits per heavy atom. The Bertz CT molecular complexity index is 842. The number of nitrogens with one attached hydrogen (secondary N) is 1. The standard InChI is InChI=1S/C18H15ClN2O2/c1-12-4-2-5-13(8-12)10-20-18(22)16-17(23-11-21-16)14-6-3-7-15(19)9-14/h2-9,11H,10H2,1H3,(H,20,22). The van der Waals surface area contributed by atoms with Gasteiger partial charge in [-0.25, -0.2) is 4.98 Å². The summed E-state index contributed by atoms with van der Waals surface area (Å²) in [5.41, 5.74) is 3.15. The minimum Gasteiger partial charge on any atom is -0.443 e. The maximum atomic E-state index is 12.4. The number of rotatable bonds is 4. The number of aromatic nitrogens is 1. The molecule has 0 aliphatic heterocycles. The van der Waals surface area contributed by atoms with Crippen LogP contribution in [0, 0.1) is 6.92 Å². The molecule has 116 valence electrons. The van der Waals surface area contributed by atoms with E-state index >= 15 is 0 Å². The van der Waals surface area contributed by atoms with Crippen LogP contribution in [-0.2, 0) is 6.54 Å². The summed E-state index contributed by atoms with van der Waals surface area (Å²) in [5, 5.41) is 3.43. The van der Waals surface area contributed by atoms with E-state index in [1.54, 1.807) is 18.2 Å². The second-order valence-corrected chi connectivity index (χ2v) is 5.65. The molecule has 0 radical (unpaired) electrons. The van der Waals surface area contributed by atoms with E-state index < -0.39 is 0 Å². The van der Waals surface area contributed by atoms with Crippen molar-refractivity contribution in [3.05, 3.63) is 76.8 Å². The van der Waals surface area contributed by atoms with Crippen molar-refractivity contribution in [2.24, 2.45) is 0 Å². The lowest BCUT2D eigenvalue weighted by atomic mass is 10.1. The molecule has 1 heterocycles. The molecule has 3 rings (SSSR count). The van der Waals surface area contributed by atoms with Gasteiger partial charge in [0.1, 0.15) is 0 Å². The van der Waals surface area contributed by atoms with Crippen LogP contribution in [0.1, 0.15) is 21.6 Å². The van der Waals surface area contributed by atoms with Crippen molar-refractivity contribution in [3.8, 4) is 11.3 Å². The first-order valence-electron chi connectivity index (χ1n) is 7.16. The molecule has 0 spiro atoms. The predicted molar refractivity (Wildman–Crippen MR) is 89.3 cm³/mol. The van der Waals surface area contributed by atoms with Gasteiger partial charge in [-0.1, -0.05) is 53.6 Å². The van der Waals surface area contributed by atoms with E-state index in [1.165, 1.54) is 6.39 Å². The number of carbonyl (C=O) groups excluding carboxylic acids is 1. The molecule has 1 amide bonds. The Balaban J connectivity index is 1.77. The van der Waals surface area contributed by atoms with Crippen molar-refractivity contribution in [1.29, 1.82) is 0 Å². The number of hydrogen-bond acceptors (Lipinski definition) is 3. The zero-order valence-electron chi connectivity index (χ0n) is 12.5. The largest absolute Gasteiger partial charge is 0.443 e. The summed E-state index contributed by atoms with van der Waals surface area (Å²) in [5.74, 6) is 0.129. The molecule has 0 saturated carbocycles. The van der Waals surface area contributed by atoms with Crippen molar-refractivity contribution in [2.75, 3.05) is 0 Å². The Morgan fingerprint density at radius 1 is 1.22 bits per heavy atom. The second-order valence-electron chi connectivity index (χ2n) is 5.21. The van der Waals surface area contributed by atoms with Gasteiger partial charge < -0.3 is 9.73 Å². The normalized spacial score (nSPS) is 10.5. The van der Waals surface area contributed by atoms with Crippen LogP contribution in [0.3, 0.4) is 0 Å². The molecule has 0 bridgehead atoms. The molecule has 1 aromatic heterocycles. The number of hydrogen-bond donors (Lipinski definition) is 1. The summed E-state index contributed by atoms with van der Waals surface area (Å²) in [6.07, 6.45) is 1.26. The van der Waals surface area contributed by atoms with E-state index in [9.17, 15) is 4.79 Å². The smallest absolute Gasteiger partial charge is 0.274 e. The molecule has 0 unspecified atom stereocenters. The summed E-state index contributed by atoms with van der Waals surface area (Å²) in [6.45, 7) is 2.45. The van der Waals surface area contributed by atoms with Crippen LogP contribution < -0.4 is 5.32 Å². The maximum absolute atomic E-state index is 12.4. The van der Waals surface area contributed by atoms with E-state index in [2.05, 4.69) is 10.3 Å². The first-order valence-corrected chi connectivity index (χ1v) is 7.54. The molecule has 0 saturated heterocycles. The van der Waals surface area contributed by atoms with E-state index in [0.29, 0.717) is 17.3 Å². The van der Waals surface area contributed by atoms with Gasteiger partial charge in [-0.15, -0.1) is 0 Å². The fraction of sp³-hybridized carbons (Fsp3) is 0.111.